The van der Waals surface area contributed by atoms with Gasteiger partial charge in [0.25, 0.3) is 10.0 Å². The number of hydrogen-bond donors (Lipinski definition) is 3. The molecule has 6 nitrogen and oxygen atoms in total. The molecule has 3 N–H and O–H groups in total. The molecule has 7 heteroatoms. The van der Waals surface area contributed by atoms with E-state index in [1.807, 2.05) is 6.92 Å². The third kappa shape index (κ3) is 3.34. The van der Waals surface area contributed by atoms with Gasteiger partial charge in [0.05, 0.1) is 0 Å². The first kappa shape index (κ1) is 14.5. The minimum absolute atomic E-state index is 0.123. The number of hydrogen-bond acceptors (Lipinski definition) is 4. The van der Waals surface area contributed by atoms with Gasteiger partial charge in [0, 0.05) is 24.3 Å². The highest BCUT2D eigenvalue weighted by Crippen LogP contribution is 2.24. The predicted molar refractivity (Wildman–Crippen MR) is 73.2 cm³/mol. The zero-order valence-electron chi connectivity index (χ0n) is 11.5. The molecule has 2 rings (SSSR count). The summed E-state index contributed by atoms with van der Waals surface area (Å²) in [6.07, 6.45) is 4.65. The van der Waals surface area contributed by atoms with Crippen molar-refractivity contribution >= 4 is 10.0 Å². The van der Waals surface area contributed by atoms with Gasteiger partial charge in [-0.2, -0.15) is 5.10 Å². The number of rotatable bonds is 6. The van der Waals surface area contributed by atoms with Gasteiger partial charge < -0.3 is 5.32 Å². The van der Waals surface area contributed by atoms with Gasteiger partial charge in [0.1, 0.15) is 0 Å². The van der Waals surface area contributed by atoms with Crippen molar-refractivity contribution < 1.29 is 8.42 Å². The van der Waals surface area contributed by atoms with Crippen LogP contribution >= 0.6 is 0 Å². The molecule has 1 aliphatic carbocycles. The van der Waals surface area contributed by atoms with Crippen LogP contribution in [0, 0.1) is 12.8 Å². The number of sulfonamides is 1. The number of aromatic nitrogens is 2. The van der Waals surface area contributed by atoms with Crippen LogP contribution in [-0.2, 0) is 16.6 Å². The van der Waals surface area contributed by atoms with E-state index in [0.717, 1.165) is 18.5 Å². The van der Waals surface area contributed by atoms with Crippen LogP contribution in [0.5, 0.6) is 0 Å². The number of aromatic amines is 1. The van der Waals surface area contributed by atoms with Gasteiger partial charge >= 0.3 is 0 Å². The molecule has 1 fully saturated rings. The second-order valence-electron chi connectivity index (χ2n) is 5.17. The first-order valence-electron chi connectivity index (χ1n) is 6.72. The molecule has 0 spiro atoms. The SMILES string of the molecule is CNCc1c(S(=O)(=O)NCC2CCCC2)n[nH]c1C. The summed E-state index contributed by atoms with van der Waals surface area (Å²) >= 11 is 0. The van der Waals surface area contributed by atoms with Crippen molar-refractivity contribution in [3.05, 3.63) is 11.3 Å². The smallest absolute Gasteiger partial charge is 0.260 e. The lowest BCUT2D eigenvalue weighted by molar-refractivity contribution is 0.517. The molecule has 108 valence electrons. The number of nitrogens with one attached hydrogen (secondary N) is 3. The van der Waals surface area contributed by atoms with Crippen LogP contribution < -0.4 is 10.0 Å². The lowest BCUT2D eigenvalue weighted by Gasteiger charge is -2.11. The molecule has 1 heterocycles. The fourth-order valence-corrected chi connectivity index (χ4v) is 3.85. The predicted octanol–water partition coefficient (Wildman–Crippen LogP) is 0.906. The highest BCUT2D eigenvalue weighted by Gasteiger charge is 2.25. The summed E-state index contributed by atoms with van der Waals surface area (Å²) in [6.45, 7) is 2.84. The van der Waals surface area contributed by atoms with Crippen molar-refractivity contribution in [2.75, 3.05) is 13.6 Å². The molecule has 19 heavy (non-hydrogen) atoms. The molecule has 1 aliphatic rings. The standard InChI is InChI=1S/C12H22N4O2S/c1-9-11(8-13-2)12(16-15-9)19(17,18)14-7-10-5-3-4-6-10/h10,13-14H,3-8H2,1-2H3,(H,15,16). The van der Waals surface area contributed by atoms with Crippen molar-refractivity contribution in [2.45, 2.75) is 44.2 Å². The molecule has 0 saturated heterocycles. The van der Waals surface area contributed by atoms with E-state index in [-0.39, 0.29) is 5.03 Å². The Kier molecular flexibility index (Phi) is 4.59. The maximum atomic E-state index is 12.3. The Hall–Kier alpha value is -0.920. The molecule has 0 radical (unpaired) electrons. The summed E-state index contributed by atoms with van der Waals surface area (Å²) < 4.78 is 27.2. The van der Waals surface area contributed by atoms with Crippen LogP contribution in [0.4, 0.5) is 0 Å². The van der Waals surface area contributed by atoms with E-state index >= 15 is 0 Å². The van der Waals surface area contributed by atoms with Gasteiger partial charge in [0.15, 0.2) is 5.03 Å². The lowest BCUT2D eigenvalue weighted by atomic mass is 10.1. The quantitative estimate of drug-likeness (QED) is 0.725. The van der Waals surface area contributed by atoms with Crippen molar-refractivity contribution in [2.24, 2.45) is 5.92 Å². The average Bonchev–Trinajstić information content (AvgIpc) is 2.99. The van der Waals surface area contributed by atoms with Gasteiger partial charge in [-0.3, -0.25) is 5.10 Å². The van der Waals surface area contributed by atoms with Crippen LogP contribution in [0.2, 0.25) is 0 Å². The third-order valence-corrected chi connectivity index (χ3v) is 5.07. The van der Waals surface area contributed by atoms with Crippen molar-refractivity contribution in [1.29, 1.82) is 0 Å². The highest BCUT2D eigenvalue weighted by atomic mass is 32.2. The monoisotopic (exact) mass is 286 g/mol. The second-order valence-corrected chi connectivity index (χ2v) is 6.85. The Labute approximate surface area is 114 Å². The maximum absolute atomic E-state index is 12.3. The summed E-state index contributed by atoms with van der Waals surface area (Å²) in [5.41, 5.74) is 1.50. The van der Waals surface area contributed by atoms with E-state index in [0.29, 0.717) is 24.6 Å². The third-order valence-electron chi connectivity index (χ3n) is 3.68. The zero-order chi connectivity index (χ0) is 13.9. The van der Waals surface area contributed by atoms with E-state index < -0.39 is 10.0 Å². The van der Waals surface area contributed by atoms with Gasteiger partial charge in [0.2, 0.25) is 0 Å². The maximum Gasteiger partial charge on any atom is 0.260 e. The van der Waals surface area contributed by atoms with E-state index in [2.05, 4.69) is 20.2 Å². The van der Waals surface area contributed by atoms with Crippen molar-refractivity contribution in [1.82, 2.24) is 20.2 Å². The van der Waals surface area contributed by atoms with Crippen LogP contribution in [0.1, 0.15) is 36.9 Å². The van der Waals surface area contributed by atoms with Crippen LogP contribution in [0.25, 0.3) is 0 Å². The summed E-state index contributed by atoms with van der Waals surface area (Å²) in [7, 11) is -1.73. The molecule has 0 unspecified atom stereocenters. The number of H-pyrrole nitrogens is 1. The topological polar surface area (TPSA) is 86.9 Å². The Balaban J connectivity index is 2.10. The van der Waals surface area contributed by atoms with Crippen molar-refractivity contribution in [3.8, 4) is 0 Å². The highest BCUT2D eigenvalue weighted by molar-refractivity contribution is 7.89. The molecule has 0 atom stereocenters. The van der Waals surface area contributed by atoms with Crippen LogP contribution in [0.15, 0.2) is 5.03 Å². The second kappa shape index (κ2) is 6.02. The first-order chi connectivity index (χ1) is 9.04. The normalized spacial score (nSPS) is 17.2. The largest absolute Gasteiger partial charge is 0.316 e. The Morgan fingerprint density at radius 1 is 1.37 bits per heavy atom. The Morgan fingerprint density at radius 2 is 2.05 bits per heavy atom. The van der Waals surface area contributed by atoms with E-state index in [9.17, 15) is 8.42 Å². The summed E-state index contributed by atoms with van der Waals surface area (Å²) in [5.74, 6) is 0.475. The Morgan fingerprint density at radius 3 is 2.68 bits per heavy atom. The molecule has 1 aromatic heterocycles. The molecule has 1 aromatic rings. The first-order valence-corrected chi connectivity index (χ1v) is 8.21. The van der Waals surface area contributed by atoms with Gasteiger partial charge in [-0.1, -0.05) is 12.8 Å². The van der Waals surface area contributed by atoms with Crippen LogP contribution in [-0.4, -0.2) is 32.2 Å². The van der Waals surface area contributed by atoms with Crippen LogP contribution in [0.3, 0.4) is 0 Å². The summed E-state index contributed by atoms with van der Waals surface area (Å²) in [6, 6.07) is 0. The fourth-order valence-electron chi connectivity index (χ4n) is 2.55. The molecule has 1 saturated carbocycles. The molecular weight excluding hydrogens is 264 g/mol. The zero-order valence-corrected chi connectivity index (χ0v) is 12.3. The summed E-state index contributed by atoms with van der Waals surface area (Å²) in [4.78, 5) is 0. The molecule has 0 aromatic carbocycles. The molecule has 0 amide bonds. The minimum atomic E-state index is -3.51. The van der Waals surface area contributed by atoms with E-state index in [4.69, 9.17) is 0 Å². The molecule has 0 bridgehead atoms. The number of nitrogens with zero attached hydrogens (tertiary/aromatic N) is 1. The van der Waals surface area contributed by atoms with E-state index in [1.54, 1.807) is 7.05 Å². The van der Waals surface area contributed by atoms with E-state index in [1.165, 1.54) is 12.8 Å². The summed E-state index contributed by atoms with van der Waals surface area (Å²) in [5, 5.41) is 9.77. The van der Waals surface area contributed by atoms with Gasteiger partial charge in [-0.15, -0.1) is 0 Å². The number of aryl methyl sites for hydroxylation is 1. The lowest BCUT2D eigenvalue weighted by Crippen LogP contribution is -2.29. The fraction of sp³-hybridized carbons (Fsp3) is 0.750. The Bertz CT molecular complexity index is 518. The van der Waals surface area contributed by atoms with Gasteiger partial charge in [-0.05, 0) is 32.7 Å². The molecular formula is C12H22N4O2S. The van der Waals surface area contributed by atoms with Gasteiger partial charge in [-0.25, -0.2) is 13.1 Å². The average molecular weight is 286 g/mol. The molecule has 0 aliphatic heterocycles. The van der Waals surface area contributed by atoms with Crippen molar-refractivity contribution in [3.63, 3.8) is 0 Å². The minimum Gasteiger partial charge on any atom is -0.316 e.